The molecule has 0 radical (unpaired) electrons. The van der Waals surface area contributed by atoms with Gasteiger partial charge in [0.1, 0.15) is 54.7 Å². The Morgan fingerprint density at radius 1 is 1.24 bits per heavy atom. The first kappa shape index (κ1) is 19.7. The highest BCUT2D eigenvalue weighted by molar-refractivity contribution is 5.99. The van der Waals surface area contributed by atoms with E-state index in [1.165, 1.54) is 16.0 Å². The Hall–Kier alpha value is -2.64. The molecule has 2 aliphatic heterocycles. The third kappa shape index (κ3) is 3.56. The summed E-state index contributed by atoms with van der Waals surface area (Å²) in [5, 5.41) is 41.8. The molecule has 12 heteroatoms. The highest BCUT2D eigenvalue weighted by Gasteiger charge is 2.44. The molecule has 29 heavy (non-hydrogen) atoms. The molecule has 4 rings (SSSR count). The lowest BCUT2D eigenvalue weighted by Crippen LogP contribution is -2.41. The van der Waals surface area contributed by atoms with E-state index < -0.39 is 42.8 Å². The van der Waals surface area contributed by atoms with Crippen molar-refractivity contribution in [1.29, 1.82) is 5.41 Å². The Morgan fingerprint density at radius 3 is 2.62 bits per heavy atom. The van der Waals surface area contributed by atoms with Crippen LogP contribution in [-0.2, 0) is 16.2 Å². The van der Waals surface area contributed by atoms with Gasteiger partial charge in [-0.15, -0.1) is 0 Å². The molecule has 1 fully saturated rings. The van der Waals surface area contributed by atoms with Gasteiger partial charge in [0.25, 0.3) is 0 Å². The summed E-state index contributed by atoms with van der Waals surface area (Å²) in [6.07, 6.45) is -3.17. The quantitative estimate of drug-likeness (QED) is 0.461. The van der Waals surface area contributed by atoms with E-state index in [0.717, 1.165) is 18.2 Å². The molecule has 0 unspecified atom stereocenters. The van der Waals surface area contributed by atoms with E-state index in [9.17, 15) is 24.1 Å². The maximum absolute atomic E-state index is 13.3. The minimum absolute atomic E-state index is 0.0180. The first-order valence-corrected chi connectivity index (χ1v) is 8.76. The fraction of sp³-hybridized carbons (Fsp3) is 0.412. The van der Waals surface area contributed by atoms with Gasteiger partial charge >= 0.3 is 0 Å². The van der Waals surface area contributed by atoms with Crippen LogP contribution < -0.4 is 5.32 Å². The molecule has 1 aromatic carbocycles. The monoisotopic (exact) mass is 411 g/mol. The van der Waals surface area contributed by atoms with Crippen LogP contribution >= 0.6 is 0 Å². The topological polar surface area (TPSA) is 136 Å². The molecular weight excluding hydrogens is 392 g/mol. The van der Waals surface area contributed by atoms with Gasteiger partial charge < -0.3 is 25.4 Å². The lowest BCUT2D eigenvalue weighted by molar-refractivity contribution is -0.108. The number of halogens is 2. The number of anilines is 1. The number of ether oxygens (including phenoxy) is 1. The Labute approximate surface area is 163 Å². The molecule has 1 aromatic heterocycles. The van der Waals surface area contributed by atoms with Crippen LogP contribution in [0.1, 0.15) is 17.5 Å². The zero-order valence-corrected chi connectivity index (χ0v) is 15.0. The van der Waals surface area contributed by atoms with Crippen LogP contribution in [0.25, 0.3) is 0 Å². The summed E-state index contributed by atoms with van der Waals surface area (Å²) < 4.78 is 33.5. The Balaban J connectivity index is 1.48. The average Bonchev–Trinajstić information content (AvgIpc) is 3.22. The van der Waals surface area contributed by atoms with Gasteiger partial charge in [-0.1, -0.05) is 0 Å². The first-order chi connectivity index (χ1) is 13.9. The maximum Gasteiger partial charge on any atom is 0.176 e. The van der Waals surface area contributed by atoms with Crippen molar-refractivity contribution < 1.29 is 33.7 Å². The molecule has 156 valence electrons. The van der Waals surface area contributed by atoms with Crippen LogP contribution in [0.4, 0.5) is 14.6 Å². The molecule has 10 nitrogen and oxygen atoms in total. The minimum Gasteiger partial charge on any atom is -0.394 e. The number of imidazole rings is 1. The van der Waals surface area contributed by atoms with Gasteiger partial charge in [0, 0.05) is 6.07 Å². The summed E-state index contributed by atoms with van der Waals surface area (Å²) in [6, 6.07) is 3.02. The van der Waals surface area contributed by atoms with Crippen LogP contribution in [0.3, 0.4) is 0 Å². The number of nitrogens with one attached hydrogen (secondary N) is 2. The number of aromatic nitrogens is 2. The number of hydrogen-bond donors (Lipinski definition) is 5. The average molecular weight is 411 g/mol. The largest absolute Gasteiger partial charge is 0.394 e. The minimum atomic E-state index is -1.29. The van der Waals surface area contributed by atoms with E-state index in [4.69, 9.17) is 15.0 Å². The van der Waals surface area contributed by atoms with Gasteiger partial charge in [0.05, 0.1) is 12.9 Å². The van der Waals surface area contributed by atoms with Gasteiger partial charge in [-0.3, -0.25) is 14.8 Å². The number of amidine groups is 1. The van der Waals surface area contributed by atoms with Crippen molar-refractivity contribution in [3.63, 3.8) is 0 Å². The molecule has 2 aromatic rings. The third-order valence-corrected chi connectivity index (χ3v) is 4.76. The van der Waals surface area contributed by atoms with Crippen molar-refractivity contribution in [3.8, 4) is 0 Å². The molecule has 3 heterocycles. The van der Waals surface area contributed by atoms with Crippen molar-refractivity contribution in [3.05, 3.63) is 47.4 Å². The van der Waals surface area contributed by atoms with Crippen LogP contribution in [0.2, 0.25) is 0 Å². The highest BCUT2D eigenvalue weighted by Crippen LogP contribution is 2.34. The number of hydrogen-bond acceptors (Lipinski definition) is 8. The number of rotatable bonds is 5. The lowest BCUT2D eigenvalue weighted by Gasteiger charge is -2.30. The number of benzene rings is 1. The fourth-order valence-corrected chi connectivity index (χ4v) is 3.31. The summed E-state index contributed by atoms with van der Waals surface area (Å²) >= 11 is 0. The summed E-state index contributed by atoms with van der Waals surface area (Å²) in [5.41, 5.74) is 0.456. The predicted molar refractivity (Wildman–Crippen MR) is 93.5 cm³/mol. The van der Waals surface area contributed by atoms with Gasteiger partial charge in [-0.25, -0.2) is 18.8 Å². The summed E-state index contributed by atoms with van der Waals surface area (Å²) in [6.45, 7) is -0.606. The second-order valence-electron chi connectivity index (χ2n) is 6.69. The van der Waals surface area contributed by atoms with Gasteiger partial charge in [0.2, 0.25) is 0 Å². The molecular formula is C17H19F2N5O5. The molecule has 0 saturated carbocycles. The van der Waals surface area contributed by atoms with Crippen molar-refractivity contribution in [1.82, 2.24) is 14.6 Å². The standard InChI is InChI=1S/C17H19F2N5O5/c18-9-1-8(2-10(19)3-9)5-28-24-7-22-16-12(15(24)20)21-6-23(16)17-14(27)13(26)11(4-25)29-17/h1-3,6,11,13-14,17,20,22,25-27H,4-5,7H2/t11-,13-,14-,17-/m1/s1. The molecule has 2 aliphatic rings. The van der Waals surface area contributed by atoms with Crippen LogP contribution in [0.15, 0.2) is 24.5 Å². The third-order valence-electron chi connectivity index (χ3n) is 4.76. The molecule has 4 atom stereocenters. The maximum atomic E-state index is 13.3. The summed E-state index contributed by atoms with van der Waals surface area (Å²) in [5.74, 6) is -1.20. The Bertz CT molecular complexity index is 905. The summed E-state index contributed by atoms with van der Waals surface area (Å²) in [4.78, 5) is 9.59. The van der Waals surface area contributed by atoms with Crippen LogP contribution in [0.5, 0.6) is 0 Å². The van der Waals surface area contributed by atoms with Crippen molar-refractivity contribution in [2.24, 2.45) is 0 Å². The SMILES string of the molecule is N=C1c2ncn([C@@H]3O[C@H](CO)[C@@H](O)[C@H]3O)c2NCN1OCc1cc(F)cc(F)c1. The molecule has 0 spiro atoms. The predicted octanol–water partition coefficient (Wildman–Crippen LogP) is -0.0850. The smallest absolute Gasteiger partial charge is 0.176 e. The van der Waals surface area contributed by atoms with E-state index in [1.807, 2.05) is 0 Å². The molecule has 1 saturated heterocycles. The van der Waals surface area contributed by atoms with Crippen molar-refractivity contribution >= 4 is 11.7 Å². The van der Waals surface area contributed by atoms with E-state index in [-0.39, 0.29) is 30.4 Å². The van der Waals surface area contributed by atoms with Gasteiger partial charge in [-0.2, -0.15) is 0 Å². The summed E-state index contributed by atoms with van der Waals surface area (Å²) in [7, 11) is 0. The highest BCUT2D eigenvalue weighted by atomic mass is 19.1. The zero-order chi connectivity index (χ0) is 20.7. The number of aliphatic hydroxyl groups is 3. The fourth-order valence-electron chi connectivity index (χ4n) is 3.31. The second kappa shape index (κ2) is 7.65. The van der Waals surface area contributed by atoms with Gasteiger partial charge in [-0.05, 0) is 17.7 Å². The normalized spacial score (nSPS) is 26.5. The first-order valence-electron chi connectivity index (χ1n) is 8.76. The molecule has 5 N–H and O–H groups in total. The van der Waals surface area contributed by atoms with Gasteiger partial charge in [0.15, 0.2) is 12.1 Å². The number of hydroxylamine groups is 2. The van der Waals surface area contributed by atoms with Crippen molar-refractivity contribution in [2.75, 3.05) is 18.6 Å². The van der Waals surface area contributed by atoms with E-state index >= 15 is 0 Å². The Morgan fingerprint density at radius 2 is 1.97 bits per heavy atom. The number of fused-ring (bicyclic) bond motifs is 1. The van der Waals surface area contributed by atoms with Crippen molar-refractivity contribution in [2.45, 2.75) is 31.1 Å². The van der Waals surface area contributed by atoms with E-state index in [2.05, 4.69) is 10.3 Å². The Kier molecular flexibility index (Phi) is 5.19. The van der Waals surface area contributed by atoms with Crippen LogP contribution in [0, 0.1) is 17.0 Å². The second-order valence-corrected chi connectivity index (χ2v) is 6.69. The molecule has 0 amide bonds. The van der Waals surface area contributed by atoms with E-state index in [1.54, 1.807) is 0 Å². The van der Waals surface area contributed by atoms with E-state index in [0.29, 0.717) is 5.82 Å². The van der Waals surface area contributed by atoms with Crippen LogP contribution in [-0.4, -0.2) is 67.4 Å². The number of aliphatic hydroxyl groups excluding tert-OH is 3. The number of nitrogens with zero attached hydrogens (tertiary/aromatic N) is 3. The molecule has 0 aliphatic carbocycles. The zero-order valence-electron chi connectivity index (χ0n) is 15.0. The molecule has 0 bridgehead atoms. The lowest BCUT2D eigenvalue weighted by atomic mass is 10.1.